The fraction of sp³-hybridized carbons (Fsp3) is 0.600. The lowest BCUT2D eigenvalue weighted by Crippen LogP contribution is -2.25. The molecule has 0 saturated carbocycles. The summed E-state index contributed by atoms with van der Waals surface area (Å²) in [6.45, 7) is 5.33. The van der Waals surface area contributed by atoms with Crippen LogP contribution in [0.25, 0.3) is 0 Å². The van der Waals surface area contributed by atoms with Gasteiger partial charge in [-0.05, 0) is 31.0 Å². The molecule has 1 aromatic rings. The standard InChI is InChI=1S/C15H24ClNO/c1-4-5-6-7-12(2)17-11-13-8-9-15(18-3)14(16)10-13/h8-10,12,17H,4-7,11H2,1-3H3. The Morgan fingerprint density at radius 3 is 2.72 bits per heavy atom. The number of halogens is 1. The van der Waals surface area contributed by atoms with Gasteiger partial charge in [0.1, 0.15) is 5.75 Å². The first-order chi connectivity index (χ1) is 8.67. The zero-order valence-corrected chi connectivity index (χ0v) is 12.4. The van der Waals surface area contributed by atoms with Crippen molar-refractivity contribution in [3.63, 3.8) is 0 Å². The molecule has 2 nitrogen and oxygen atoms in total. The summed E-state index contributed by atoms with van der Waals surface area (Å²) in [7, 11) is 1.63. The van der Waals surface area contributed by atoms with Crippen molar-refractivity contribution in [3.8, 4) is 5.75 Å². The summed E-state index contributed by atoms with van der Waals surface area (Å²) in [4.78, 5) is 0. The first kappa shape index (κ1) is 15.3. The topological polar surface area (TPSA) is 21.3 Å². The van der Waals surface area contributed by atoms with E-state index in [0.29, 0.717) is 11.1 Å². The maximum Gasteiger partial charge on any atom is 0.137 e. The number of unbranched alkanes of at least 4 members (excludes halogenated alkanes) is 2. The van der Waals surface area contributed by atoms with Crippen LogP contribution in [0.5, 0.6) is 5.75 Å². The van der Waals surface area contributed by atoms with Gasteiger partial charge in [0, 0.05) is 12.6 Å². The molecule has 3 heteroatoms. The molecular formula is C15H24ClNO. The summed E-state index contributed by atoms with van der Waals surface area (Å²) >= 11 is 6.09. The van der Waals surface area contributed by atoms with Gasteiger partial charge in [0.25, 0.3) is 0 Å². The maximum atomic E-state index is 6.09. The first-order valence-corrected chi connectivity index (χ1v) is 7.11. The third-order valence-corrected chi connectivity index (χ3v) is 3.41. The Morgan fingerprint density at radius 1 is 1.33 bits per heavy atom. The van der Waals surface area contributed by atoms with Gasteiger partial charge < -0.3 is 10.1 Å². The van der Waals surface area contributed by atoms with Crippen LogP contribution >= 0.6 is 11.6 Å². The van der Waals surface area contributed by atoms with Crippen LogP contribution in [0.2, 0.25) is 5.02 Å². The largest absolute Gasteiger partial charge is 0.495 e. The van der Waals surface area contributed by atoms with Gasteiger partial charge in [0.15, 0.2) is 0 Å². The highest BCUT2D eigenvalue weighted by molar-refractivity contribution is 6.32. The summed E-state index contributed by atoms with van der Waals surface area (Å²) in [5, 5.41) is 4.20. The molecule has 0 aliphatic heterocycles. The third-order valence-electron chi connectivity index (χ3n) is 3.11. The summed E-state index contributed by atoms with van der Waals surface area (Å²) in [5.74, 6) is 0.733. The Morgan fingerprint density at radius 2 is 2.11 bits per heavy atom. The SMILES string of the molecule is CCCCCC(C)NCc1ccc(OC)c(Cl)c1. The van der Waals surface area contributed by atoms with E-state index >= 15 is 0 Å². The third kappa shape index (κ3) is 5.28. The number of nitrogens with one attached hydrogen (secondary N) is 1. The highest BCUT2D eigenvalue weighted by Gasteiger charge is 2.04. The van der Waals surface area contributed by atoms with Gasteiger partial charge in [-0.1, -0.05) is 43.9 Å². The van der Waals surface area contributed by atoms with E-state index < -0.39 is 0 Å². The van der Waals surface area contributed by atoms with E-state index in [9.17, 15) is 0 Å². The van der Waals surface area contributed by atoms with E-state index in [1.807, 2.05) is 12.1 Å². The van der Waals surface area contributed by atoms with Gasteiger partial charge in [-0.2, -0.15) is 0 Å². The first-order valence-electron chi connectivity index (χ1n) is 6.73. The minimum absolute atomic E-state index is 0.553. The lowest BCUT2D eigenvalue weighted by Gasteiger charge is -2.14. The molecule has 0 aromatic heterocycles. The lowest BCUT2D eigenvalue weighted by atomic mass is 10.1. The summed E-state index contributed by atoms with van der Waals surface area (Å²) in [5.41, 5.74) is 1.20. The molecule has 1 atom stereocenters. The quantitative estimate of drug-likeness (QED) is 0.706. The van der Waals surface area contributed by atoms with Gasteiger partial charge in [-0.3, -0.25) is 0 Å². The number of benzene rings is 1. The van der Waals surface area contributed by atoms with Gasteiger partial charge in [-0.25, -0.2) is 0 Å². The van der Waals surface area contributed by atoms with Gasteiger partial charge >= 0.3 is 0 Å². The van der Waals surface area contributed by atoms with Crippen molar-refractivity contribution in [2.45, 2.75) is 52.1 Å². The monoisotopic (exact) mass is 269 g/mol. The van der Waals surface area contributed by atoms with Crippen molar-refractivity contribution in [3.05, 3.63) is 28.8 Å². The van der Waals surface area contributed by atoms with E-state index in [-0.39, 0.29) is 0 Å². The molecule has 0 bridgehead atoms. The van der Waals surface area contributed by atoms with Gasteiger partial charge in [0.05, 0.1) is 12.1 Å². The molecule has 1 rings (SSSR count). The zero-order chi connectivity index (χ0) is 13.4. The smallest absolute Gasteiger partial charge is 0.137 e. The minimum Gasteiger partial charge on any atom is -0.495 e. The lowest BCUT2D eigenvalue weighted by molar-refractivity contribution is 0.414. The fourth-order valence-corrected chi connectivity index (χ4v) is 2.19. The molecule has 0 aliphatic carbocycles. The average molecular weight is 270 g/mol. The molecule has 0 fully saturated rings. The Hall–Kier alpha value is -0.730. The molecule has 0 radical (unpaired) electrons. The summed E-state index contributed by atoms with van der Waals surface area (Å²) in [6, 6.07) is 6.49. The highest BCUT2D eigenvalue weighted by Crippen LogP contribution is 2.24. The van der Waals surface area contributed by atoms with Crippen LogP contribution in [-0.2, 0) is 6.54 Å². The molecule has 0 spiro atoms. The average Bonchev–Trinajstić information content (AvgIpc) is 2.37. The Balaban J connectivity index is 2.36. The molecule has 102 valence electrons. The van der Waals surface area contributed by atoms with Crippen molar-refractivity contribution < 1.29 is 4.74 Å². The molecular weight excluding hydrogens is 246 g/mol. The number of ether oxygens (including phenoxy) is 1. The number of hydrogen-bond acceptors (Lipinski definition) is 2. The van der Waals surface area contributed by atoms with Gasteiger partial charge in [0.2, 0.25) is 0 Å². The summed E-state index contributed by atoms with van der Waals surface area (Å²) < 4.78 is 5.14. The molecule has 0 amide bonds. The Kier molecular flexibility index (Phi) is 7.14. The van der Waals surface area contributed by atoms with Crippen molar-refractivity contribution in [2.24, 2.45) is 0 Å². The van der Waals surface area contributed by atoms with Crippen LogP contribution in [0, 0.1) is 0 Å². The highest BCUT2D eigenvalue weighted by atomic mass is 35.5. The second-order valence-corrected chi connectivity index (χ2v) is 5.15. The maximum absolute atomic E-state index is 6.09. The van der Waals surface area contributed by atoms with Crippen LogP contribution in [-0.4, -0.2) is 13.2 Å². The van der Waals surface area contributed by atoms with Crippen molar-refractivity contribution in [1.82, 2.24) is 5.32 Å². The second-order valence-electron chi connectivity index (χ2n) is 4.75. The van der Waals surface area contributed by atoms with Crippen molar-refractivity contribution in [1.29, 1.82) is 0 Å². The predicted octanol–water partition coefficient (Wildman–Crippen LogP) is 4.41. The molecule has 1 N–H and O–H groups in total. The van der Waals surface area contributed by atoms with E-state index in [0.717, 1.165) is 12.3 Å². The normalized spacial score (nSPS) is 12.4. The molecule has 0 saturated heterocycles. The van der Waals surface area contributed by atoms with Gasteiger partial charge in [-0.15, -0.1) is 0 Å². The van der Waals surface area contributed by atoms with E-state index in [2.05, 4.69) is 25.2 Å². The van der Waals surface area contributed by atoms with E-state index in [1.165, 1.54) is 31.2 Å². The molecule has 1 aromatic carbocycles. The van der Waals surface area contributed by atoms with Crippen molar-refractivity contribution in [2.75, 3.05) is 7.11 Å². The van der Waals surface area contributed by atoms with Crippen molar-refractivity contribution >= 4 is 11.6 Å². The Bertz CT molecular complexity index is 354. The molecule has 0 heterocycles. The van der Waals surface area contributed by atoms with Crippen LogP contribution < -0.4 is 10.1 Å². The number of rotatable bonds is 8. The summed E-state index contributed by atoms with van der Waals surface area (Å²) in [6.07, 6.45) is 5.13. The molecule has 18 heavy (non-hydrogen) atoms. The number of methoxy groups -OCH3 is 1. The van der Waals surface area contributed by atoms with Crippen LogP contribution in [0.3, 0.4) is 0 Å². The minimum atomic E-state index is 0.553. The molecule has 0 aliphatic rings. The zero-order valence-electron chi connectivity index (χ0n) is 11.6. The fourth-order valence-electron chi connectivity index (χ4n) is 1.91. The second kappa shape index (κ2) is 8.39. The Labute approximate surface area is 116 Å². The predicted molar refractivity (Wildman–Crippen MR) is 78.4 cm³/mol. The van der Waals surface area contributed by atoms with E-state index in [4.69, 9.17) is 16.3 Å². The van der Waals surface area contributed by atoms with Crippen LogP contribution in [0.15, 0.2) is 18.2 Å². The number of hydrogen-bond donors (Lipinski definition) is 1. The van der Waals surface area contributed by atoms with E-state index in [1.54, 1.807) is 7.11 Å². The van der Waals surface area contributed by atoms with Crippen LogP contribution in [0.4, 0.5) is 0 Å². The van der Waals surface area contributed by atoms with Crippen LogP contribution in [0.1, 0.15) is 45.1 Å². The molecule has 1 unspecified atom stereocenters.